The highest BCUT2D eigenvalue weighted by Gasteiger charge is 2.46. The molecule has 3 rings (SSSR count). The summed E-state index contributed by atoms with van der Waals surface area (Å²) in [5, 5.41) is 11.0. The normalized spacial score (nSPS) is 32.7. The third-order valence-corrected chi connectivity index (χ3v) is 6.23. The summed E-state index contributed by atoms with van der Waals surface area (Å²) >= 11 is 12.2. The van der Waals surface area contributed by atoms with E-state index >= 15 is 0 Å². The van der Waals surface area contributed by atoms with E-state index in [1.165, 1.54) is 50.8 Å². The second-order valence-electron chi connectivity index (χ2n) is 6.72. The minimum absolute atomic E-state index is 0.339. The molecule has 2 nitrogen and oxygen atoms in total. The number of aliphatic hydroxyl groups is 1. The van der Waals surface area contributed by atoms with Crippen molar-refractivity contribution in [1.82, 2.24) is 0 Å². The van der Waals surface area contributed by atoms with Gasteiger partial charge in [-0.2, -0.15) is 0 Å². The Morgan fingerprint density at radius 2 is 1.86 bits per heavy atom. The molecule has 116 valence electrons. The number of hydrogen-bond donors (Lipinski definition) is 1. The number of fused-ring (bicyclic) bond motifs is 1. The number of rotatable bonds is 3. The van der Waals surface area contributed by atoms with Crippen molar-refractivity contribution in [2.45, 2.75) is 44.7 Å². The van der Waals surface area contributed by atoms with Crippen LogP contribution in [-0.2, 0) is 6.54 Å². The Balaban J connectivity index is 1.86. The van der Waals surface area contributed by atoms with Crippen LogP contribution in [0, 0.1) is 5.92 Å². The van der Waals surface area contributed by atoms with Crippen LogP contribution >= 0.6 is 23.2 Å². The molecule has 1 N–H and O–H groups in total. The summed E-state index contributed by atoms with van der Waals surface area (Å²) in [6.07, 6.45) is 6.27. The van der Waals surface area contributed by atoms with Crippen LogP contribution in [0.15, 0.2) is 18.2 Å². The highest BCUT2D eigenvalue weighted by molar-refractivity contribution is 6.42. The smallest absolute Gasteiger partial charge is 0.105 e. The number of aliphatic hydroxyl groups excluding tert-OH is 1. The number of nitrogens with zero attached hydrogens (tertiary/aromatic N) is 1. The first-order valence-electron chi connectivity index (χ1n) is 8.05. The number of hydrogen-bond acceptors (Lipinski definition) is 1. The Bertz CT molecular complexity index is 504. The lowest BCUT2D eigenvalue weighted by Gasteiger charge is -2.53. The van der Waals surface area contributed by atoms with Gasteiger partial charge in [-0.25, -0.2) is 0 Å². The Morgan fingerprint density at radius 1 is 1.05 bits per heavy atom. The van der Waals surface area contributed by atoms with Crippen molar-refractivity contribution in [2.75, 3.05) is 19.7 Å². The standard InChI is InChI=1S/C17H24Cl2NO/c18-15-7-6-13(10-16(15)19)11-20-8-2-1-5-17(20)14(12-21)4-3-9-20/h6-7,10,14,17,21H,1-5,8-9,11-12H2/q+1/t14-,17+,20-/m0/s1. The molecular formula is C17H24Cl2NO+. The summed E-state index contributed by atoms with van der Waals surface area (Å²) in [5.74, 6) is 0.474. The maximum atomic E-state index is 9.74. The van der Waals surface area contributed by atoms with Gasteiger partial charge >= 0.3 is 0 Å². The molecule has 3 atom stereocenters. The van der Waals surface area contributed by atoms with Crippen LogP contribution in [0.2, 0.25) is 10.0 Å². The predicted molar refractivity (Wildman–Crippen MR) is 87.6 cm³/mol. The summed E-state index contributed by atoms with van der Waals surface area (Å²) < 4.78 is 1.14. The molecule has 0 spiro atoms. The van der Waals surface area contributed by atoms with Gasteiger partial charge in [0.25, 0.3) is 0 Å². The van der Waals surface area contributed by atoms with Gasteiger partial charge in [0.05, 0.1) is 35.8 Å². The zero-order valence-corrected chi connectivity index (χ0v) is 13.9. The first-order valence-corrected chi connectivity index (χ1v) is 8.81. The molecule has 21 heavy (non-hydrogen) atoms. The number of halogens is 2. The van der Waals surface area contributed by atoms with Crippen LogP contribution in [0.1, 0.15) is 37.7 Å². The molecule has 1 aromatic carbocycles. The van der Waals surface area contributed by atoms with Crippen LogP contribution in [0.5, 0.6) is 0 Å². The second-order valence-corrected chi connectivity index (χ2v) is 7.53. The quantitative estimate of drug-likeness (QED) is 0.822. The van der Waals surface area contributed by atoms with Gasteiger partial charge in [-0.05, 0) is 37.8 Å². The Hall–Kier alpha value is -0.280. The van der Waals surface area contributed by atoms with E-state index in [2.05, 4.69) is 6.07 Å². The van der Waals surface area contributed by atoms with Gasteiger partial charge in [0.15, 0.2) is 0 Å². The fourth-order valence-corrected chi connectivity index (χ4v) is 4.85. The van der Waals surface area contributed by atoms with Crippen molar-refractivity contribution < 1.29 is 9.59 Å². The van der Waals surface area contributed by atoms with E-state index < -0.39 is 0 Å². The number of piperidine rings is 2. The fraction of sp³-hybridized carbons (Fsp3) is 0.647. The predicted octanol–water partition coefficient (Wildman–Crippen LogP) is 4.27. The first kappa shape index (κ1) is 15.6. The van der Waals surface area contributed by atoms with E-state index in [4.69, 9.17) is 23.2 Å². The molecule has 1 aromatic rings. The summed E-state index contributed by atoms with van der Waals surface area (Å²) in [6, 6.07) is 6.65. The maximum absolute atomic E-state index is 9.74. The van der Waals surface area contributed by atoms with E-state index in [9.17, 15) is 5.11 Å². The van der Waals surface area contributed by atoms with Crippen LogP contribution in [-0.4, -0.2) is 35.3 Å². The topological polar surface area (TPSA) is 20.2 Å². The third-order valence-electron chi connectivity index (χ3n) is 5.50. The van der Waals surface area contributed by atoms with Gasteiger partial charge in [-0.15, -0.1) is 0 Å². The van der Waals surface area contributed by atoms with Gasteiger partial charge < -0.3 is 9.59 Å². The zero-order valence-electron chi connectivity index (χ0n) is 12.4. The van der Waals surface area contributed by atoms with E-state index in [0.29, 0.717) is 28.6 Å². The lowest BCUT2D eigenvalue weighted by Crippen LogP contribution is -2.63. The van der Waals surface area contributed by atoms with Crippen LogP contribution < -0.4 is 0 Å². The van der Waals surface area contributed by atoms with Crippen LogP contribution in [0.25, 0.3) is 0 Å². The van der Waals surface area contributed by atoms with Crippen LogP contribution in [0.4, 0.5) is 0 Å². The molecule has 2 aliphatic rings. The molecule has 0 radical (unpaired) electrons. The monoisotopic (exact) mass is 328 g/mol. The van der Waals surface area contributed by atoms with E-state index in [1.807, 2.05) is 12.1 Å². The number of benzene rings is 1. The molecule has 0 saturated carbocycles. The highest BCUT2D eigenvalue weighted by Crippen LogP contribution is 2.39. The van der Waals surface area contributed by atoms with Gasteiger partial charge in [0.2, 0.25) is 0 Å². The third kappa shape index (κ3) is 3.10. The van der Waals surface area contributed by atoms with Gasteiger partial charge in [0, 0.05) is 17.9 Å². The Kier molecular flexibility index (Phi) is 4.80. The summed E-state index contributed by atoms with van der Waals surface area (Å²) in [6.45, 7) is 3.84. The van der Waals surface area contributed by atoms with Crippen molar-refractivity contribution in [3.05, 3.63) is 33.8 Å². The lowest BCUT2D eigenvalue weighted by atomic mass is 9.81. The molecule has 4 heteroatoms. The molecule has 0 bridgehead atoms. The van der Waals surface area contributed by atoms with Gasteiger partial charge in [0.1, 0.15) is 6.54 Å². The maximum Gasteiger partial charge on any atom is 0.105 e. The molecule has 0 amide bonds. The van der Waals surface area contributed by atoms with Crippen molar-refractivity contribution in [3.63, 3.8) is 0 Å². The molecule has 0 aromatic heterocycles. The fourth-order valence-electron chi connectivity index (χ4n) is 4.53. The van der Waals surface area contributed by atoms with E-state index in [1.54, 1.807) is 0 Å². The molecule has 2 heterocycles. The molecule has 2 saturated heterocycles. The highest BCUT2D eigenvalue weighted by atomic mass is 35.5. The first-order chi connectivity index (χ1) is 10.1. The molecular weight excluding hydrogens is 305 g/mol. The lowest BCUT2D eigenvalue weighted by molar-refractivity contribution is -0.976. The van der Waals surface area contributed by atoms with E-state index in [-0.39, 0.29) is 0 Å². The minimum Gasteiger partial charge on any atom is -0.396 e. The van der Waals surface area contributed by atoms with Crippen molar-refractivity contribution in [2.24, 2.45) is 5.92 Å². The average molecular weight is 329 g/mol. The largest absolute Gasteiger partial charge is 0.396 e. The molecule has 2 aliphatic heterocycles. The molecule has 0 aliphatic carbocycles. The number of quaternary nitrogens is 1. The molecule has 2 fully saturated rings. The van der Waals surface area contributed by atoms with Crippen molar-refractivity contribution in [3.8, 4) is 0 Å². The van der Waals surface area contributed by atoms with Crippen molar-refractivity contribution >= 4 is 23.2 Å². The summed E-state index contributed by atoms with van der Waals surface area (Å²) in [5.41, 5.74) is 1.27. The minimum atomic E-state index is 0.339. The van der Waals surface area contributed by atoms with Crippen molar-refractivity contribution in [1.29, 1.82) is 0 Å². The Morgan fingerprint density at radius 3 is 2.62 bits per heavy atom. The van der Waals surface area contributed by atoms with Crippen LogP contribution in [0.3, 0.4) is 0 Å². The van der Waals surface area contributed by atoms with Gasteiger partial charge in [-0.3, -0.25) is 0 Å². The molecule has 0 unspecified atom stereocenters. The SMILES string of the molecule is OC[C@@H]1CCC[N@+]2(Cc3ccc(Cl)c(Cl)c3)CCCC[C@H]12. The summed E-state index contributed by atoms with van der Waals surface area (Å²) in [7, 11) is 0. The zero-order chi connectivity index (χ0) is 14.9. The average Bonchev–Trinajstić information content (AvgIpc) is 2.50. The Labute approximate surface area is 137 Å². The van der Waals surface area contributed by atoms with Gasteiger partial charge in [-0.1, -0.05) is 29.3 Å². The second kappa shape index (κ2) is 6.45. The van der Waals surface area contributed by atoms with E-state index in [0.717, 1.165) is 11.0 Å². The summed E-state index contributed by atoms with van der Waals surface area (Å²) in [4.78, 5) is 0.